The monoisotopic (exact) mass is 270 g/mol. The lowest BCUT2D eigenvalue weighted by atomic mass is 9.99. The minimum Gasteiger partial charge on any atom is -0.388 e. The van der Waals surface area contributed by atoms with E-state index in [4.69, 9.17) is 4.74 Å². The third kappa shape index (κ3) is 3.07. The van der Waals surface area contributed by atoms with E-state index in [0.717, 1.165) is 17.7 Å². The van der Waals surface area contributed by atoms with Crippen LogP contribution in [0.1, 0.15) is 37.7 Å². The average molecular weight is 270 g/mol. The average Bonchev–Trinajstić information content (AvgIpc) is 2.86. The molecule has 0 aliphatic heterocycles. The molecule has 0 bridgehead atoms. The lowest BCUT2D eigenvalue weighted by Gasteiger charge is -2.23. The zero-order valence-electron chi connectivity index (χ0n) is 10.4. The van der Waals surface area contributed by atoms with Gasteiger partial charge in [-0.1, -0.05) is 0 Å². The summed E-state index contributed by atoms with van der Waals surface area (Å²) < 4.78 is 7.91. The smallest absolute Gasteiger partial charge is 0.0883 e. The molecule has 2 aromatic rings. The van der Waals surface area contributed by atoms with Gasteiger partial charge in [-0.3, -0.25) is 0 Å². The van der Waals surface area contributed by atoms with Crippen molar-refractivity contribution >= 4 is 32.1 Å². The molecule has 0 radical (unpaired) electrons. The first-order valence-electron chi connectivity index (χ1n) is 5.72. The molecule has 0 fully saturated rings. The van der Waals surface area contributed by atoms with Crippen molar-refractivity contribution < 1.29 is 9.84 Å². The summed E-state index contributed by atoms with van der Waals surface area (Å²) in [5.41, 5.74) is -0.157. The van der Waals surface area contributed by atoms with Crippen molar-refractivity contribution in [3.05, 3.63) is 22.4 Å². The first kappa shape index (κ1) is 13.0. The van der Waals surface area contributed by atoms with Gasteiger partial charge in [0, 0.05) is 21.4 Å². The molecule has 1 atom stereocenters. The van der Waals surface area contributed by atoms with Crippen LogP contribution in [0, 0.1) is 0 Å². The van der Waals surface area contributed by atoms with E-state index < -0.39 is 0 Å². The van der Waals surface area contributed by atoms with E-state index in [0.29, 0.717) is 0 Å². The first-order valence-corrected chi connectivity index (χ1v) is 7.41. The Morgan fingerprint density at radius 1 is 1.41 bits per heavy atom. The number of hydrogen-bond donors (Lipinski definition) is 1. The van der Waals surface area contributed by atoms with Gasteiger partial charge in [0.05, 0.1) is 11.7 Å². The van der Waals surface area contributed by atoms with Crippen molar-refractivity contribution in [3.8, 4) is 0 Å². The van der Waals surface area contributed by atoms with Gasteiger partial charge >= 0.3 is 0 Å². The summed E-state index contributed by atoms with van der Waals surface area (Å²) in [6.07, 6.45) is 1.24. The van der Waals surface area contributed by atoms with E-state index in [-0.39, 0.29) is 11.7 Å². The quantitative estimate of drug-likeness (QED) is 0.882. The molecule has 94 valence electrons. The van der Waals surface area contributed by atoms with Crippen LogP contribution in [-0.2, 0) is 4.74 Å². The van der Waals surface area contributed by atoms with Crippen molar-refractivity contribution in [2.45, 2.75) is 38.4 Å². The van der Waals surface area contributed by atoms with Crippen LogP contribution >= 0.6 is 22.7 Å². The fraction of sp³-hybridized carbons (Fsp3) is 0.538. The molecule has 0 aliphatic carbocycles. The molecule has 0 aliphatic rings. The number of fused-ring (bicyclic) bond motifs is 1. The molecule has 2 rings (SSSR count). The Labute approximate surface area is 110 Å². The van der Waals surface area contributed by atoms with Crippen LogP contribution in [0.4, 0.5) is 0 Å². The Morgan fingerprint density at radius 3 is 2.82 bits per heavy atom. The van der Waals surface area contributed by atoms with E-state index in [1.54, 1.807) is 29.8 Å². The van der Waals surface area contributed by atoms with Gasteiger partial charge in [-0.25, -0.2) is 0 Å². The van der Waals surface area contributed by atoms with Gasteiger partial charge in [0.15, 0.2) is 0 Å². The summed E-state index contributed by atoms with van der Waals surface area (Å²) in [7, 11) is 1.72. The Hall–Kier alpha value is -0.420. The van der Waals surface area contributed by atoms with Crippen LogP contribution in [-0.4, -0.2) is 17.8 Å². The van der Waals surface area contributed by atoms with Gasteiger partial charge in [0.2, 0.25) is 0 Å². The Kier molecular flexibility index (Phi) is 3.88. The van der Waals surface area contributed by atoms with E-state index in [1.807, 2.05) is 13.8 Å². The summed E-state index contributed by atoms with van der Waals surface area (Å²) in [6.45, 7) is 4.10. The normalized spacial score (nSPS) is 14.4. The molecule has 1 N–H and O–H groups in total. The number of aliphatic hydroxyl groups is 1. The number of rotatable bonds is 5. The second-order valence-corrected chi connectivity index (χ2v) is 6.88. The predicted molar refractivity (Wildman–Crippen MR) is 75.0 cm³/mol. The van der Waals surface area contributed by atoms with Crippen molar-refractivity contribution in [1.82, 2.24) is 0 Å². The molecule has 4 heteroatoms. The number of aliphatic hydroxyl groups excluding tert-OH is 1. The first-order chi connectivity index (χ1) is 8.02. The number of ether oxygens (including phenoxy) is 1. The zero-order chi connectivity index (χ0) is 12.5. The minimum absolute atomic E-state index is 0.157. The van der Waals surface area contributed by atoms with Gasteiger partial charge in [-0.2, -0.15) is 0 Å². The van der Waals surface area contributed by atoms with Crippen molar-refractivity contribution in [2.75, 3.05) is 7.11 Å². The molecule has 1 unspecified atom stereocenters. The van der Waals surface area contributed by atoms with Crippen LogP contribution in [0.2, 0.25) is 0 Å². The highest BCUT2D eigenvalue weighted by molar-refractivity contribution is 7.26. The van der Waals surface area contributed by atoms with Gasteiger partial charge in [0.1, 0.15) is 0 Å². The zero-order valence-corrected chi connectivity index (χ0v) is 12.0. The summed E-state index contributed by atoms with van der Waals surface area (Å²) in [6, 6.07) is 4.22. The lowest BCUT2D eigenvalue weighted by Crippen LogP contribution is -2.22. The number of hydrogen-bond acceptors (Lipinski definition) is 4. The highest BCUT2D eigenvalue weighted by Crippen LogP contribution is 2.35. The third-order valence-corrected chi connectivity index (χ3v) is 5.25. The predicted octanol–water partition coefficient (Wildman–Crippen LogP) is 4.20. The number of methoxy groups -OCH3 is 1. The molecule has 2 nitrogen and oxygen atoms in total. The Balaban J connectivity index is 2.00. The molecule has 2 aromatic heterocycles. The molecule has 0 aromatic carbocycles. The highest BCUT2D eigenvalue weighted by atomic mass is 32.1. The molecule has 0 saturated carbocycles. The Morgan fingerprint density at radius 2 is 2.18 bits per heavy atom. The highest BCUT2D eigenvalue weighted by Gasteiger charge is 2.20. The lowest BCUT2D eigenvalue weighted by molar-refractivity contribution is 0.00310. The Bertz CT molecular complexity index is 456. The van der Waals surface area contributed by atoms with Crippen molar-refractivity contribution in [1.29, 1.82) is 0 Å². The maximum Gasteiger partial charge on any atom is 0.0883 e. The molecule has 0 amide bonds. The third-order valence-electron chi connectivity index (χ3n) is 3.06. The van der Waals surface area contributed by atoms with Crippen molar-refractivity contribution in [2.24, 2.45) is 0 Å². The van der Waals surface area contributed by atoms with Gasteiger partial charge < -0.3 is 9.84 Å². The topological polar surface area (TPSA) is 29.5 Å². The molecule has 2 heterocycles. The minimum atomic E-state index is -0.367. The van der Waals surface area contributed by atoms with E-state index in [2.05, 4.69) is 17.5 Å². The van der Waals surface area contributed by atoms with Crippen LogP contribution in [0.3, 0.4) is 0 Å². The van der Waals surface area contributed by atoms with E-state index >= 15 is 0 Å². The molecule has 0 spiro atoms. The summed E-state index contributed by atoms with van der Waals surface area (Å²) in [5, 5.41) is 12.2. The number of thiophene rings is 2. The maximum absolute atomic E-state index is 10.2. The largest absolute Gasteiger partial charge is 0.388 e. The van der Waals surface area contributed by atoms with Crippen LogP contribution in [0.15, 0.2) is 17.5 Å². The standard InChI is InChI=1S/C13H18O2S2/c1-13(2,15-3)6-4-9(14)11-8-12-10(17-11)5-7-16-12/h5,7-9,14H,4,6H2,1-3H3. The molecular weight excluding hydrogens is 252 g/mol. The van der Waals surface area contributed by atoms with Crippen molar-refractivity contribution in [3.63, 3.8) is 0 Å². The molecule has 0 saturated heterocycles. The van der Waals surface area contributed by atoms with Crippen LogP contribution in [0.5, 0.6) is 0 Å². The van der Waals surface area contributed by atoms with Gasteiger partial charge in [-0.15, -0.1) is 22.7 Å². The fourth-order valence-electron chi connectivity index (χ4n) is 1.68. The van der Waals surface area contributed by atoms with Crippen LogP contribution < -0.4 is 0 Å². The van der Waals surface area contributed by atoms with Gasteiger partial charge in [-0.05, 0) is 44.2 Å². The fourth-order valence-corrected chi connectivity index (χ4v) is 3.82. The van der Waals surface area contributed by atoms with E-state index in [1.165, 1.54) is 9.40 Å². The second kappa shape index (κ2) is 5.06. The summed E-state index contributed by atoms with van der Waals surface area (Å²) >= 11 is 3.42. The molecular formula is C13H18O2S2. The SMILES string of the molecule is COC(C)(C)CCC(O)c1cc2sccc2s1. The van der Waals surface area contributed by atoms with E-state index in [9.17, 15) is 5.11 Å². The molecule has 17 heavy (non-hydrogen) atoms. The second-order valence-electron chi connectivity index (χ2n) is 4.82. The van der Waals surface area contributed by atoms with Gasteiger partial charge in [0.25, 0.3) is 0 Å². The summed E-state index contributed by atoms with van der Waals surface area (Å²) in [4.78, 5) is 1.07. The summed E-state index contributed by atoms with van der Waals surface area (Å²) in [5.74, 6) is 0. The maximum atomic E-state index is 10.2. The van der Waals surface area contributed by atoms with Crippen LogP contribution in [0.25, 0.3) is 9.40 Å².